The molecule has 2 atom stereocenters. The number of rotatable bonds is 5. The second-order valence-electron chi connectivity index (χ2n) is 9.35. The summed E-state index contributed by atoms with van der Waals surface area (Å²) in [7, 11) is -0.975. The molecule has 2 aliphatic rings. The SMILES string of the molecule is CC(C)(C)[S@@](=O)Cc1cccc(NC(=O)N2CCC[C@H](c3nncn3C3CC3)C2)c1. The van der Waals surface area contributed by atoms with Crippen LogP contribution in [-0.2, 0) is 16.6 Å². The molecule has 4 rings (SSSR count). The third kappa shape index (κ3) is 4.91. The average molecular weight is 430 g/mol. The number of piperidine rings is 1. The Kier molecular flexibility index (Phi) is 5.95. The van der Waals surface area contributed by atoms with Crippen molar-refractivity contribution in [3.63, 3.8) is 0 Å². The van der Waals surface area contributed by atoms with Crippen LogP contribution in [0.4, 0.5) is 10.5 Å². The first-order valence-electron chi connectivity index (χ1n) is 10.7. The van der Waals surface area contributed by atoms with E-state index in [0.717, 1.165) is 36.5 Å². The number of nitrogens with one attached hydrogen (secondary N) is 1. The van der Waals surface area contributed by atoms with Crippen molar-refractivity contribution in [1.29, 1.82) is 0 Å². The lowest BCUT2D eigenvalue weighted by molar-refractivity contribution is 0.190. The summed E-state index contributed by atoms with van der Waals surface area (Å²) in [5.74, 6) is 1.73. The van der Waals surface area contributed by atoms with Crippen molar-refractivity contribution in [2.45, 2.75) is 68.9 Å². The molecule has 1 aromatic carbocycles. The van der Waals surface area contributed by atoms with Gasteiger partial charge in [0.25, 0.3) is 0 Å². The second kappa shape index (κ2) is 8.49. The summed E-state index contributed by atoms with van der Waals surface area (Å²) in [6.45, 7) is 7.33. The third-order valence-electron chi connectivity index (χ3n) is 5.77. The Morgan fingerprint density at radius 1 is 1.27 bits per heavy atom. The summed E-state index contributed by atoms with van der Waals surface area (Å²) in [6, 6.07) is 8.12. The molecule has 1 aromatic heterocycles. The van der Waals surface area contributed by atoms with Crippen molar-refractivity contribution < 1.29 is 9.00 Å². The van der Waals surface area contributed by atoms with E-state index in [1.807, 2.05) is 56.3 Å². The van der Waals surface area contributed by atoms with E-state index < -0.39 is 10.8 Å². The quantitative estimate of drug-likeness (QED) is 0.777. The van der Waals surface area contributed by atoms with Gasteiger partial charge in [-0.1, -0.05) is 12.1 Å². The molecule has 0 radical (unpaired) electrons. The van der Waals surface area contributed by atoms with Crippen LogP contribution in [0.2, 0.25) is 0 Å². The molecule has 1 saturated carbocycles. The molecule has 2 heterocycles. The molecule has 162 valence electrons. The fourth-order valence-electron chi connectivity index (χ4n) is 3.86. The molecule has 2 amide bonds. The van der Waals surface area contributed by atoms with Crippen LogP contribution >= 0.6 is 0 Å². The highest BCUT2D eigenvalue weighted by molar-refractivity contribution is 7.85. The molecular formula is C22H31N5O2S. The Balaban J connectivity index is 1.39. The molecule has 0 unspecified atom stereocenters. The van der Waals surface area contributed by atoms with Crippen molar-refractivity contribution in [2.24, 2.45) is 0 Å². The lowest BCUT2D eigenvalue weighted by Crippen LogP contribution is -2.42. The Bertz CT molecular complexity index is 932. The predicted molar refractivity (Wildman–Crippen MR) is 119 cm³/mol. The van der Waals surface area contributed by atoms with Crippen LogP contribution in [0, 0.1) is 0 Å². The van der Waals surface area contributed by atoms with Gasteiger partial charge in [0.1, 0.15) is 12.2 Å². The Labute approximate surface area is 180 Å². The number of aromatic nitrogens is 3. The number of anilines is 1. The Morgan fingerprint density at radius 2 is 2.07 bits per heavy atom. The Hall–Kier alpha value is -2.22. The van der Waals surface area contributed by atoms with E-state index in [-0.39, 0.29) is 16.7 Å². The lowest BCUT2D eigenvalue weighted by atomic mass is 9.97. The molecule has 30 heavy (non-hydrogen) atoms. The molecule has 1 saturated heterocycles. The van der Waals surface area contributed by atoms with E-state index in [9.17, 15) is 9.00 Å². The number of hydrogen-bond acceptors (Lipinski definition) is 4. The molecule has 2 fully saturated rings. The fourth-order valence-corrected chi connectivity index (χ4v) is 4.77. The standard InChI is InChI=1S/C22H31N5O2S/c1-22(2,3)30(29)14-16-6-4-8-18(12-16)24-21(28)26-11-5-7-17(13-26)20-25-23-15-27(20)19-9-10-19/h4,6,8,12,15,17,19H,5,7,9-11,13-14H2,1-3H3,(H,24,28)/t17-,30-/m0/s1. The van der Waals surface area contributed by atoms with Gasteiger partial charge in [0.15, 0.2) is 0 Å². The molecule has 8 heteroatoms. The van der Waals surface area contributed by atoms with E-state index >= 15 is 0 Å². The van der Waals surface area contributed by atoms with Crippen LogP contribution in [0.3, 0.4) is 0 Å². The molecular weight excluding hydrogens is 398 g/mol. The van der Waals surface area contributed by atoms with Crippen LogP contribution in [0.25, 0.3) is 0 Å². The molecule has 0 spiro atoms. The van der Waals surface area contributed by atoms with E-state index in [0.29, 0.717) is 18.3 Å². The minimum absolute atomic E-state index is 0.0914. The molecule has 1 aliphatic carbocycles. The van der Waals surface area contributed by atoms with Gasteiger partial charge in [-0.2, -0.15) is 0 Å². The van der Waals surface area contributed by atoms with Crippen molar-refractivity contribution >= 4 is 22.5 Å². The average Bonchev–Trinajstić information content (AvgIpc) is 3.44. The van der Waals surface area contributed by atoms with Crippen LogP contribution < -0.4 is 5.32 Å². The number of amides is 2. The number of carbonyl (C=O) groups is 1. The zero-order valence-corrected chi connectivity index (χ0v) is 18.8. The van der Waals surface area contributed by atoms with Crippen LogP contribution in [0.15, 0.2) is 30.6 Å². The first-order valence-corrected chi connectivity index (χ1v) is 12.1. The van der Waals surface area contributed by atoms with Gasteiger partial charge in [-0.15, -0.1) is 10.2 Å². The number of urea groups is 1. The van der Waals surface area contributed by atoms with Crippen LogP contribution in [0.5, 0.6) is 0 Å². The maximum Gasteiger partial charge on any atom is 0.321 e. The molecule has 1 N–H and O–H groups in total. The third-order valence-corrected chi connectivity index (χ3v) is 7.74. The fraction of sp³-hybridized carbons (Fsp3) is 0.591. The minimum atomic E-state index is -0.975. The Morgan fingerprint density at radius 3 is 2.80 bits per heavy atom. The maximum absolute atomic E-state index is 12.9. The monoisotopic (exact) mass is 429 g/mol. The summed E-state index contributed by atoms with van der Waals surface area (Å²) < 4.78 is 14.4. The zero-order valence-electron chi connectivity index (χ0n) is 18.0. The van der Waals surface area contributed by atoms with Gasteiger partial charge in [-0.3, -0.25) is 4.21 Å². The van der Waals surface area contributed by atoms with Gasteiger partial charge in [-0.05, 0) is 64.2 Å². The van der Waals surface area contributed by atoms with E-state index in [4.69, 9.17) is 0 Å². The molecule has 2 aromatic rings. The van der Waals surface area contributed by atoms with Crippen molar-refractivity contribution in [3.05, 3.63) is 42.0 Å². The predicted octanol–water partition coefficient (Wildman–Crippen LogP) is 4.07. The smallest absolute Gasteiger partial charge is 0.321 e. The lowest BCUT2D eigenvalue weighted by Gasteiger charge is -2.32. The van der Waals surface area contributed by atoms with Gasteiger partial charge in [-0.25, -0.2) is 4.79 Å². The van der Waals surface area contributed by atoms with E-state index in [1.54, 1.807) is 0 Å². The first-order chi connectivity index (χ1) is 14.3. The number of nitrogens with zero attached hydrogens (tertiary/aromatic N) is 4. The number of hydrogen-bond donors (Lipinski definition) is 1. The van der Waals surface area contributed by atoms with Crippen molar-refractivity contribution in [3.8, 4) is 0 Å². The van der Waals surface area contributed by atoms with Crippen LogP contribution in [-0.4, -0.2) is 47.7 Å². The molecule has 0 bridgehead atoms. The zero-order chi connectivity index (χ0) is 21.3. The number of likely N-dealkylation sites (tertiary alicyclic amines) is 1. The summed E-state index contributed by atoms with van der Waals surface area (Å²) >= 11 is 0. The largest absolute Gasteiger partial charge is 0.324 e. The molecule has 7 nitrogen and oxygen atoms in total. The minimum Gasteiger partial charge on any atom is -0.324 e. The summed E-state index contributed by atoms with van der Waals surface area (Å²) in [5, 5.41) is 11.5. The number of carbonyl (C=O) groups excluding carboxylic acids is 1. The topological polar surface area (TPSA) is 80.1 Å². The van der Waals surface area contributed by atoms with Gasteiger partial charge >= 0.3 is 6.03 Å². The molecule has 1 aliphatic heterocycles. The highest BCUT2D eigenvalue weighted by atomic mass is 32.2. The van der Waals surface area contributed by atoms with Crippen LogP contribution in [0.1, 0.15) is 69.8 Å². The van der Waals surface area contributed by atoms with Crippen molar-refractivity contribution in [2.75, 3.05) is 18.4 Å². The first kappa shape index (κ1) is 21.0. The second-order valence-corrected chi connectivity index (χ2v) is 11.5. The van der Waals surface area contributed by atoms with Crippen molar-refractivity contribution in [1.82, 2.24) is 19.7 Å². The summed E-state index contributed by atoms with van der Waals surface area (Å²) in [5.41, 5.74) is 1.71. The van der Waals surface area contributed by atoms with Gasteiger partial charge < -0.3 is 14.8 Å². The van der Waals surface area contributed by atoms with Gasteiger partial charge in [0.05, 0.1) is 0 Å². The highest BCUT2D eigenvalue weighted by Gasteiger charge is 2.32. The highest BCUT2D eigenvalue weighted by Crippen LogP contribution is 2.38. The van der Waals surface area contributed by atoms with Gasteiger partial charge in [0, 0.05) is 52.0 Å². The summed E-state index contributed by atoms with van der Waals surface area (Å²) in [6.07, 6.45) is 6.21. The maximum atomic E-state index is 12.9. The van der Waals surface area contributed by atoms with E-state index in [1.165, 1.54) is 12.8 Å². The summed E-state index contributed by atoms with van der Waals surface area (Å²) in [4.78, 5) is 14.8. The van der Waals surface area contributed by atoms with E-state index in [2.05, 4.69) is 20.1 Å². The van der Waals surface area contributed by atoms with Gasteiger partial charge in [0.2, 0.25) is 0 Å². The normalized spacial score (nSPS) is 20.8. The number of benzene rings is 1.